The molecule has 0 aliphatic carbocycles. The van der Waals surface area contributed by atoms with E-state index in [4.69, 9.17) is 0 Å². The van der Waals surface area contributed by atoms with Crippen LogP contribution in [0.5, 0.6) is 0 Å². The van der Waals surface area contributed by atoms with Crippen molar-refractivity contribution >= 4 is 17.5 Å². The van der Waals surface area contributed by atoms with Crippen molar-refractivity contribution in [3.05, 3.63) is 42.0 Å². The number of thioether (sulfide) groups is 1. The van der Waals surface area contributed by atoms with Crippen LogP contribution in [0.2, 0.25) is 0 Å². The van der Waals surface area contributed by atoms with Gasteiger partial charge in [-0.1, -0.05) is 18.2 Å². The first-order chi connectivity index (χ1) is 8.41. The van der Waals surface area contributed by atoms with E-state index in [1.165, 1.54) is 25.1 Å². The van der Waals surface area contributed by atoms with E-state index in [1.807, 2.05) is 0 Å². The van der Waals surface area contributed by atoms with Gasteiger partial charge in [-0.3, -0.25) is 4.79 Å². The second-order valence-corrected chi connectivity index (χ2v) is 4.78. The summed E-state index contributed by atoms with van der Waals surface area (Å²) in [4.78, 5) is 10.8. The molecule has 5 heteroatoms. The minimum atomic E-state index is -4.32. The van der Waals surface area contributed by atoms with Crippen LogP contribution < -0.4 is 0 Å². The molecule has 0 heterocycles. The van der Waals surface area contributed by atoms with Gasteiger partial charge >= 0.3 is 6.18 Å². The summed E-state index contributed by atoms with van der Waals surface area (Å²) in [5, 5.41) is 0. The fourth-order valence-corrected chi connectivity index (χ4v) is 2.30. The molecule has 0 bridgehead atoms. The van der Waals surface area contributed by atoms with E-state index in [0.29, 0.717) is 12.2 Å². The summed E-state index contributed by atoms with van der Waals surface area (Å²) in [7, 11) is 0. The highest BCUT2D eigenvalue weighted by Gasteiger charge is 2.32. The lowest BCUT2D eigenvalue weighted by Gasteiger charge is -2.11. The number of alkyl halides is 3. The lowest BCUT2D eigenvalue weighted by atomic mass is 10.2. The van der Waals surface area contributed by atoms with Gasteiger partial charge in [-0.2, -0.15) is 13.2 Å². The summed E-state index contributed by atoms with van der Waals surface area (Å²) in [5.41, 5.74) is -0.606. The molecule has 1 rings (SSSR count). The van der Waals surface area contributed by atoms with Gasteiger partial charge in [-0.15, -0.1) is 11.8 Å². The smallest absolute Gasteiger partial charge is 0.295 e. The maximum Gasteiger partial charge on any atom is 0.417 e. The Morgan fingerprint density at radius 3 is 2.61 bits per heavy atom. The SMILES string of the molecule is CC(=O)/C=C/CCSc1ccccc1C(F)(F)F. The van der Waals surface area contributed by atoms with Crippen LogP contribution in [0.15, 0.2) is 41.3 Å². The van der Waals surface area contributed by atoms with E-state index in [2.05, 4.69) is 0 Å². The molecule has 0 N–H and O–H groups in total. The number of hydrogen-bond acceptors (Lipinski definition) is 2. The van der Waals surface area contributed by atoms with Gasteiger partial charge in [-0.05, 0) is 31.6 Å². The molecule has 0 saturated heterocycles. The predicted octanol–water partition coefficient (Wildman–Crippen LogP) is 4.33. The summed E-state index contributed by atoms with van der Waals surface area (Å²) in [6.07, 6.45) is -0.656. The third kappa shape index (κ3) is 4.96. The molecule has 0 atom stereocenters. The van der Waals surface area contributed by atoms with Crippen LogP contribution in [0.4, 0.5) is 13.2 Å². The highest BCUT2D eigenvalue weighted by atomic mass is 32.2. The second kappa shape index (κ2) is 6.64. The Morgan fingerprint density at radius 1 is 1.33 bits per heavy atom. The summed E-state index contributed by atoms with van der Waals surface area (Å²) >= 11 is 1.14. The molecule has 0 aliphatic rings. The molecular weight excluding hydrogens is 261 g/mol. The Hall–Kier alpha value is -1.23. The third-order valence-electron chi connectivity index (χ3n) is 2.09. The molecule has 0 aromatic heterocycles. The van der Waals surface area contributed by atoms with Crippen LogP contribution in [0.1, 0.15) is 18.9 Å². The van der Waals surface area contributed by atoms with Gasteiger partial charge in [0.15, 0.2) is 5.78 Å². The topological polar surface area (TPSA) is 17.1 Å². The van der Waals surface area contributed by atoms with Gasteiger partial charge in [0, 0.05) is 10.6 Å². The third-order valence-corrected chi connectivity index (χ3v) is 3.19. The molecule has 0 unspecified atom stereocenters. The molecule has 0 aliphatic heterocycles. The summed E-state index contributed by atoms with van der Waals surface area (Å²) in [5.74, 6) is 0.451. The summed E-state index contributed by atoms with van der Waals surface area (Å²) < 4.78 is 38.0. The van der Waals surface area contributed by atoms with Crippen molar-refractivity contribution in [2.24, 2.45) is 0 Å². The molecular formula is C13H13F3OS. The molecule has 0 amide bonds. The first kappa shape index (κ1) is 14.8. The monoisotopic (exact) mass is 274 g/mol. The standard InChI is InChI=1S/C13H13F3OS/c1-10(17)6-4-5-9-18-12-8-3-2-7-11(12)13(14,15)16/h2-4,6-8H,5,9H2,1H3/b6-4+. The highest BCUT2D eigenvalue weighted by Crippen LogP contribution is 2.36. The number of ketones is 1. The minimum absolute atomic E-state index is 0.0595. The highest BCUT2D eigenvalue weighted by molar-refractivity contribution is 7.99. The first-order valence-corrected chi connectivity index (χ1v) is 6.36. The minimum Gasteiger partial charge on any atom is -0.295 e. The quantitative estimate of drug-likeness (QED) is 0.451. The maximum absolute atomic E-state index is 12.7. The van der Waals surface area contributed by atoms with Gasteiger partial charge in [-0.25, -0.2) is 0 Å². The van der Waals surface area contributed by atoms with E-state index in [1.54, 1.807) is 12.1 Å². The lowest BCUT2D eigenvalue weighted by Crippen LogP contribution is -2.06. The zero-order chi connectivity index (χ0) is 13.6. The van der Waals surface area contributed by atoms with Crippen molar-refractivity contribution in [2.45, 2.75) is 24.4 Å². The lowest BCUT2D eigenvalue weighted by molar-refractivity contribution is -0.139. The molecule has 1 aromatic rings. The van der Waals surface area contributed by atoms with Gasteiger partial charge < -0.3 is 0 Å². The molecule has 0 spiro atoms. The van der Waals surface area contributed by atoms with Crippen molar-refractivity contribution in [3.63, 3.8) is 0 Å². The normalized spacial score (nSPS) is 12.0. The Labute approximate surface area is 108 Å². The van der Waals surface area contributed by atoms with E-state index in [0.717, 1.165) is 17.8 Å². The van der Waals surface area contributed by atoms with E-state index in [-0.39, 0.29) is 10.7 Å². The predicted molar refractivity (Wildman–Crippen MR) is 66.6 cm³/mol. The summed E-state index contributed by atoms with van der Waals surface area (Å²) in [6, 6.07) is 5.50. The van der Waals surface area contributed by atoms with Crippen LogP contribution in [0.25, 0.3) is 0 Å². The molecule has 0 saturated carbocycles. The number of benzene rings is 1. The van der Waals surface area contributed by atoms with E-state index >= 15 is 0 Å². The van der Waals surface area contributed by atoms with Gasteiger partial charge in [0.25, 0.3) is 0 Å². The number of carbonyl (C=O) groups is 1. The molecule has 1 nitrogen and oxygen atoms in total. The van der Waals surface area contributed by atoms with Crippen molar-refractivity contribution in [3.8, 4) is 0 Å². The van der Waals surface area contributed by atoms with Crippen LogP contribution >= 0.6 is 11.8 Å². The summed E-state index contributed by atoms with van der Waals surface area (Å²) in [6.45, 7) is 1.43. The van der Waals surface area contributed by atoms with E-state index in [9.17, 15) is 18.0 Å². The fraction of sp³-hybridized carbons (Fsp3) is 0.308. The number of allylic oxidation sites excluding steroid dienone is 2. The molecule has 0 radical (unpaired) electrons. The van der Waals surface area contributed by atoms with Crippen molar-refractivity contribution in [1.82, 2.24) is 0 Å². The molecule has 1 aromatic carbocycles. The van der Waals surface area contributed by atoms with Crippen molar-refractivity contribution in [1.29, 1.82) is 0 Å². The number of halogens is 3. The van der Waals surface area contributed by atoms with Crippen LogP contribution in [-0.4, -0.2) is 11.5 Å². The van der Waals surface area contributed by atoms with Crippen molar-refractivity contribution in [2.75, 3.05) is 5.75 Å². The number of rotatable bonds is 5. The van der Waals surface area contributed by atoms with Crippen LogP contribution in [-0.2, 0) is 11.0 Å². The Bertz CT molecular complexity index is 438. The molecule has 18 heavy (non-hydrogen) atoms. The van der Waals surface area contributed by atoms with Crippen LogP contribution in [0, 0.1) is 0 Å². The van der Waals surface area contributed by atoms with Crippen molar-refractivity contribution < 1.29 is 18.0 Å². The Balaban J connectivity index is 2.60. The zero-order valence-corrected chi connectivity index (χ0v) is 10.6. The molecule has 98 valence electrons. The number of carbonyl (C=O) groups excluding carboxylic acids is 1. The van der Waals surface area contributed by atoms with Gasteiger partial charge in [0.1, 0.15) is 0 Å². The fourth-order valence-electron chi connectivity index (χ4n) is 1.31. The largest absolute Gasteiger partial charge is 0.417 e. The Kier molecular flexibility index (Phi) is 5.47. The first-order valence-electron chi connectivity index (χ1n) is 5.37. The van der Waals surface area contributed by atoms with Gasteiger partial charge in [0.2, 0.25) is 0 Å². The maximum atomic E-state index is 12.7. The second-order valence-electron chi connectivity index (χ2n) is 3.64. The average Bonchev–Trinajstić information content (AvgIpc) is 2.27. The zero-order valence-electron chi connectivity index (χ0n) is 9.83. The number of hydrogen-bond donors (Lipinski definition) is 0. The molecule has 0 fully saturated rings. The Morgan fingerprint density at radius 2 is 2.00 bits per heavy atom. The average molecular weight is 274 g/mol. The van der Waals surface area contributed by atoms with E-state index < -0.39 is 11.7 Å². The van der Waals surface area contributed by atoms with Gasteiger partial charge in [0.05, 0.1) is 5.56 Å². The van der Waals surface area contributed by atoms with Crippen LogP contribution in [0.3, 0.4) is 0 Å².